The van der Waals surface area contributed by atoms with Crippen LogP contribution >= 0.6 is 11.8 Å². The van der Waals surface area contributed by atoms with Gasteiger partial charge in [0.2, 0.25) is 0 Å². The summed E-state index contributed by atoms with van der Waals surface area (Å²) < 4.78 is 12.4. The average molecular weight is 383 g/mol. The van der Waals surface area contributed by atoms with Crippen molar-refractivity contribution in [1.82, 2.24) is 0 Å². The molecule has 0 bridgehead atoms. The van der Waals surface area contributed by atoms with Gasteiger partial charge in [0, 0.05) is 18.4 Å². The Bertz CT molecular complexity index is 891. The lowest BCUT2D eigenvalue weighted by Gasteiger charge is -2.32. The van der Waals surface area contributed by atoms with Crippen molar-refractivity contribution in [1.29, 1.82) is 0 Å². The highest BCUT2D eigenvalue weighted by Crippen LogP contribution is 2.39. The van der Waals surface area contributed by atoms with E-state index in [9.17, 15) is 4.79 Å². The number of carbonyl (C=O) groups excluding carboxylic acids is 1. The van der Waals surface area contributed by atoms with Crippen molar-refractivity contribution in [2.45, 2.75) is 45.8 Å². The minimum absolute atomic E-state index is 0.0754. The van der Waals surface area contributed by atoms with Gasteiger partial charge in [0.05, 0.1) is 11.2 Å². The quantitative estimate of drug-likeness (QED) is 0.612. The van der Waals surface area contributed by atoms with Crippen molar-refractivity contribution in [3.63, 3.8) is 0 Å². The fourth-order valence-corrected chi connectivity index (χ4v) is 3.53. The summed E-state index contributed by atoms with van der Waals surface area (Å²) in [5.74, 6) is 0.534. The molecule has 1 fully saturated rings. The maximum Gasteiger partial charge on any atom is 0.491 e. The highest BCUT2D eigenvalue weighted by atomic mass is 32.2. The molecule has 4 nitrogen and oxygen atoms in total. The number of carbonyl (C=O) groups is 1. The molecule has 1 aliphatic heterocycles. The van der Waals surface area contributed by atoms with Crippen molar-refractivity contribution >= 4 is 46.5 Å². The zero-order valence-corrected chi connectivity index (χ0v) is 17.4. The van der Waals surface area contributed by atoms with Gasteiger partial charge in [-0.25, -0.2) is 0 Å². The van der Waals surface area contributed by atoms with Gasteiger partial charge in [0.15, 0.2) is 5.12 Å². The average Bonchev–Trinajstić information content (AvgIpc) is 2.79. The molecule has 1 saturated heterocycles. The van der Waals surface area contributed by atoms with Crippen LogP contribution in [0.15, 0.2) is 41.9 Å². The summed E-state index contributed by atoms with van der Waals surface area (Å²) in [4.78, 5) is 11.5. The van der Waals surface area contributed by atoms with Crippen molar-refractivity contribution in [2.75, 3.05) is 11.5 Å². The predicted octanol–water partition coefficient (Wildman–Crippen LogP) is 4.72. The third-order valence-corrected chi connectivity index (χ3v) is 6.12. The molecule has 0 saturated carbocycles. The first-order valence-electron chi connectivity index (χ1n) is 9.06. The van der Waals surface area contributed by atoms with Crippen molar-refractivity contribution in [3.8, 4) is 0 Å². The lowest BCUT2D eigenvalue weighted by atomic mass is 9.78. The number of rotatable bonds is 4. The maximum atomic E-state index is 11.5. The lowest BCUT2D eigenvalue weighted by molar-refractivity contribution is -0.109. The molecule has 3 rings (SSSR count). The Labute approximate surface area is 165 Å². The van der Waals surface area contributed by atoms with E-state index in [2.05, 4.69) is 18.2 Å². The normalized spacial score (nSPS) is 18.9. The molecule has 6 heteroatoms. The van der Waals surface area contributed by atoms with Gasteiger partial charge in [-0.05, 0) is 67.7 Å². The van der Waals surface area contributed by atoms with E-state index < -0.39 is 18.3 Å². The van der Waals surface area contributed by atoms with Crippen molar-refractivity contribution < 1.29 is 14.1 Å². The minimum atomic E-state index is -0.469. The highest BCUT2D eigenvalue weighted by Gasteiger charge is 2.52. The number of benzene rings is 2. The molecule has 0 amide bonds. The van der Waals surface area contributed by atoms with Crippen LogP contribution in [0.5, 0.6) is 0 Å². The molecule has 0 aliphatic carbocycles. The molecular formula is C21H26BNO3S. The van der Waals surface area contributed by atoms with Crippen LogP contribution in [0.2, 0.25) is 0 Å². The molecule has 0 unspecified atom stereocenters. The van der Waals surface area contributed by atoms with Crippen LogP contribution in [0.3, 0.4) is 0 Å². The van der Waals surface area contributed by atoms with Crippen LogP contribution in [-0.2, 0) is 14.1 Å². The Morgan fingerprint density at radius 2 is 1.67 bits per heavy atom. The van der Waals surface area contributed by atoms with Crippen LogP contribution in [0.4, 0.5) is 5.69 Å². The number of nitrogen functional groups attached to an aromatic ring is 1. The van der Waals surface area contributed by atoms with Crippen molar-refractivity contribution in [2.24, 2.45) is 0 Å². The van der Waals surface area contributed by atoms with Crippen LogP contribution < -0.4 is 5.73 Å². The number of fused-ring (bicyclic) bond motifs is 1. The molecule has 142 valence electrons. The minimum Gasteiger partial charge on any atom is -0.400 e. The van der Waals surface area contributed by atoms with E-state index in [0.717, 1.165) is 27.5 Å². The first kappa shape index (κ1) is 20.0. The van der Waals surface area contributed by atoms with E-state index in [1.165, 1.54) is 11.8 Å². The zero-order valence-electron chi connectivity index (χ0n) is 16.5. The van der Waals surface area contributed by atoms with E-state index >= 15 is 0 Å². The SMILES string of the molecule is CC(=O)SCC(=Cc1ccc2cc(N)ccc2c1)B1OC(C)(C)C(C)(C)O1. The largest absolute Gasteiger partial charge is 0.491 e. The summed E-state index contributed by atoms with van der Waals surface area (Å²) in [6.45, 7) is 9.70. The molecule has 0 radical (unpaired) electrons. The Morgan fingerprint density at radius 1 is 1.07 bits per heavy atom. The fourth-order valence-electron chi connectivity index (χ4n) is 2.94. The molecular weight excluding hydrogens is 357 g/mol. The lowest BCUT2D eigenvalue weighted by Crippen LogP contribution is -2.41. The molecule has 0 spiro atoms. The van der Waals surface area contributed by atoms with Gasteiger partial charge >= 0.3 is 7.12 Å². The Morgan fingerprint density at radius 3 is 2.30 bits per heavy atom. The smallest absolute Gasteiger partial charge is 0.400 e. The highest BCUT2D eigenvalue weighted by molar-refractivity contribution is 8.13. The topological polar surface area (TPSA) is 61.6 Å². The summed E-state index contributed by atoms with van der Waals surface area (Å²) in [5.41, 5.74) is 7.77. The predicted molar refractivity (Wildman–Crippen MR) is 116 cm³/mol. The van der Waals surface area contributed by atoms with E-state index in [1.807, 2.05) is 52.0 Å². The molecule has 1 aliphatic rings. The molecule has 1 heterocycles. The Kier molecular flexibility index (Phi) is 5.44. The second kappa shape index (κ2) is 7.34. The number of nitrogens with two attached hydrogens (primary N) is 1. The standard InChI is InChI=1S/C21H26BNO3S/c1-14(24)27-13-18(22-25-20(2,3)21(4,5)26-22)11-15-6-7-17-12-19(23)9-8-16(17)10-15/h6-12H,13,23H2,1-5H3. The maximum absolute atomic E-state index is 11.5. The third kappa shape index (κ3) is 4.40. The van der Waals surface area contributed by atoms with Crippen LogP contribution in [-0.4, -0.2) is 29.2 Å². The van der Waals surface area contributed by atoms with Crippen LogP contribution in [0, 0.1) is 0 Å². The van der Waals surface area contributed by atoms with E-state index in [1.54, 1.807) is 6.92 Å². The van der Waals surface area contributed by atoms with Gasteiger partial charge in [-0.15, -0.1) is 0 Å². The molecule has 2 aromatic carbocycles. The molecule has 2 N–H and O–H groups in total. The van der Waals surface area contributed by atoms with Crippen molar-refractivity contribution in [3.05, 3.63) is 47.4 Å². The molecule has 2 aromatic rings. The zero-order chi connectivity index (χ0) is 19.8. The summed E-state index contributed by atoms with van der Waals surface area (Å²) in [5, 5.41) is 2.29. The fraction of sp³-hybridized carbons (Fsp3) is 0.381. The van der Waals surface area contributed by atoms with E-state index in [-0.39, 0.29) is 5.12 Å². The van der Waals surface area contributed by atoms with E-state index in [4.69, 9.17) is 15.0 Å². The number of anilines is 1. The molecule has 27 heavy (non-hydrogen) atoms. The monoisotopic (exact) mass is 383 g/mol. The summed E-state index contributed by atoms with van der Waals surface area (Å²) >= 11 is 1.27. The summed E-state index contributed by atoms with van der Waals surface area (Å²) in [6.07, 6.45) is 2.06. The van der Waals surface area contributed by atoms with Gasteiger partial charge in [0.25, 0.3) is 0 Å². The van der Waals surface area contributed by atoms with Crippen LogP contribution in [0.25, 0.3) is 16.8 Å². The van der Waals surface area contributed by atoms with Gasteiger partial charge in [-0.1, -0.05) is 36.0 Å². The second-order valence-corrected chi connectivity index (χ2v) is 9.11. The number of thioether (sulfide) groups is 1. The van der Waals surface area contributed by atoms with Crippen LogP contribution in [0.1, 0.15) is 40.2 Å². The Balaban J connectivity index is 1.95. The van der Waals surface area contributed by atoms with Gasteiger partial charge in [-0.3, -0.25) is 4.79 Å². The molecule has 0 aromatic heterocycles. The second-order valence-electron chi connectivity index (χ2n) is 7.95. The Hall–Kier alpha value is -1.76. The number of hydrogen-bond donors (Lipinski definition) is 1. The summed E-state index contributed by atoms with van der Waals surface area (Å²) in [7, 11) is -0.469. The third-order valence-electron chi connectivity index (χ3n) is 5.24. The van der Waals surface area contributed by atoms with Gasteiger partial charge < -0.3 is 15.0 Å². The number of hydrogen-bond acceptors (Lipinski definition) is 5. The summed E-state index contributed by atoms with van der Waals surface area (Å²) in [6, 6.07) is 12.1. The van der Waals surface area contributed by atoms with Gasteiger partial charge in [-0.2, -0.15) is 0 Å². The first-order valence-corrected chi connectivity index (χ1v) is 10.0. The first-order chi connectivity index (χ1) is 12.6. The van der Waals surface area contributed by atoms with Gasteiger partial charge in [0.1, 0.15) is 0 Å². The van der Waals surface area contributed by atoms with E-state index in [0.29, 0.717) is 5.75 Å². The molecule has 0 atom stereocenters.